The number of carbonyl (C=O) groups excluding carboxylic acids is 1. The first-order valence-electron chi connectivity index (χ1n) is 5.68. The third-order valence-corrected chi connectivity index (χ3v) is 3.56. The fraction of sp³-hybridized carbons (Fsp3) is 0.214. The normalized spacial score (nSPS) is 19.1. The minimum absolute atomic E-state index is 0.223. The van der Waals surface area contributed by atoms with E-state index in [-0.39, 0.29) is 11.7 Å². The third-order valence-electron chi connectivity index (χ3n) is 3.31. The fourth-order valence-corrected chi connectivity index (χ4v) is 2.54. The number of hydrogen-bond acceptors (Lipinski definition) is 1. The number of hydrogen-bond donors (Lipinski definition) is 0. The summed E-state index contributed by atoms with van der Waals surface area (Å²) in [6, 6.07) is 11.6. The molecular formula is C14H12ClNO. The topological polar surface area (TPSA) is 22.0 Å². The highest BCUT2D eigenvalue weighted by molar-refractivity contribution is 6.30. The number of carbonyl (C=O) groups is 1. The summed E-state index contributed by atoms with van der Waals surface area (Å²) in [6.07, 6.45) is 2.56. The molecule has 1 aromatic heterocycles. The molecule has 1 unspecified atom stereocenters. The minimum Gasteiger partial charge on any atom is -0.344 e. The number of benzene rings is 1. The summed E-state index contributed by atoms with van der Waals surface area (Å²) < 4.78 is 2.03. The van der Waals surface area contributed by atoms with E-state index >= 15 is 0 Å². The van der Waals surface area contributed by atoms with Crippen molar-refractivity contribution >= 4 is 17.4 Å². The van der Waals surface area contributed by atoms with Crippen molar-refractivity contribution in [3.05, 3.63) is 58.9 Å². The molecule has 0 saturated carbocycles. The lowest BCUT2D eigenvalue weighted by Gasteiger charge is -2.24. The van der Waals surface area contributed by atoms with Crippen LogP contribution in [0, 0.1) is 0 Å². The number of nitrogens with zero attached hydrogens (tertiary/aromatic N) is 1. The van der Waals surface area contributed by atoms with Crippen LogP contribution in [0.1, 0.15) is 28.4 Å². The van der Waals surface area contributed by atoms with E-state index in [1.54, 1.807) is 0 Å². The average Bonchev–Trinajstić information content (AvgIpc) is 2.78. The van der Waals surface area contributed by atoms with E-state index in [2.05, 4.69) is 0 Å². The largest absolute Gasteiger partial charge is 0.344 e. The highest BCUT2D eigenvalue weighted by Crippen LogP contribution is 2.29. The molecular weight excluding hydrogens is 234 g/mol. The predicted octanol–water partition coefficient (Wildman–Crippen LogP) is 3.51. The Morgan fingerprint density at radius 2 is 1.94 bits per heavy atom. The summed E-state index contributed by atoms with van der Waals surface area (Å²) in [5, 5.41) is 0.734. The second kappa shape index (κ2) is 4.04. The van der Waals surface area contributed by atoms with Gasteiger partial charge in [0.2, 0.25) is 0 Å². The van der Waals surface area contributed by atoms with Gasteiger partial charge in [0, 0.05) is 30.1 Å². The summed E-state index contributed by atoms with van der Waals surface area (Å²) in [7, 11) is 0. The molecule has 0 amide bonds. The van der Waals surface area contributed by atoms with Gasteiger partial charge in [-0.15, -0.1) is 0 Å². The highest BCUT2D eigenvalue weighted by atomic mass is 35.5. The molecule has 0 bridgehead atoms. The fourth-order valence-electron chi connectivity index (χ4n) is 2.41. The first kappa shape index (κ1) is 10.6. The van der Waals surface area contributed by atoms with E-state index in [0.717, 1.165) is 17.3 Å². The lowest BCUT2D eigenvalue weighted by Crippen LogP contribution is -2.22. The van der Waals surface area contributed by atoms with Crippen LogP contribution in [0.3, 0.4) is 0 Å². The van der Waals surface area contributed by atoms with Crippen molar-refractivity contribution in [2.45, 2.75) is 18.9 Å². The maximum atomic E-state index is 12.0. The summed E-state index contributed by atoms with van der Waals surface area (Å²) >= 11 is 5.87. The van der Waals surface area contributed by atoms with Crippen molar-refractivity contribution in [2.24, 2.45) is 0 Å². The molecule has 0 aliphatic carbocycles. The highest BCUT2D eigenvalue weighted by Gasteiger charge is 2.25. The first-order valence-corrected chi connectivity index (χ1v) is 6.05. The van der Waals surface area contributed by atoms with E-state index in [1.807, 2.05) is 47.2 Å². The van der Waals surface area contributed by atoms with Crippen molar-refractivity contribution in [1.29, 1.82) is 0 Å². The molecule has 2 aromatic rings. The first-order chi connectivity index (χ1) is 8.24. The molecule has 0 N–H and O–H groups in total. The number of ketones is 1. The van der Waals surface area contributed by atoms with Gasteiger partial charge in [0.25, 0.3) is 0 Å². The molecule has 1 aliphatic heterocycles. The lowest BCUT2D eigenvalue weighted by atomic mass is 9.90. The van der Waals surface area contributed by atoms with Crippen LogP contribution in [0.25, 0.3) is 0 Å². The Bertz CT molecular complexity index is 556. The Morgan fingerprint density at radius 3 is 2.71 bits per heavy atom. The number of halogens is 1. The van der Waals surface area contributed by atoms with Crippen molar-refractivity contribution in [3.8, 4) is 0 Å². The molecule has 0 saturated heterocycles. The van der Waals surface area contributed by atoms with E-state index in [4.69, 9.17) is 11.6 Å². The summed E-state index contributed by atoms with van der Waals surface area (Å²) in [6.45, 7) is 0.871. The maximum Gasteiger partial charge on any atom is 0.179 e. The van der Waals surface area contributed by atoms with E-state index in [9.17, 15) is 4.79 Å². The van der Waals surface area contributed by atoms with Crippen LogP contribution < -0.4 is 0 Å². The van der Waals surface area contributed by atoms with Gasteiger partial charge in [0.1, 0.15) is 0 Å². The van der Waals surface area contributed by atoms with Gasteiger partial charge < -0.3 is 4.57 Å². The van der Waals surface area contributed by atoms with Gasteiger partial charge in [0.05, 0.1) is 5.69 Å². The zero-order valence-corrected chi connectivity index (χ0v) is 10.0. The zero-order chi connectivity index (χ0) is 11.8. The molecule has 3 heteroatoms. The number of fused-ring (bicyclic) bond motifs is 1. The summed E-state index contributed by atoms with van der Waals surface area (Å²) in [4.78, 5) is 12.0. The van der Waals surface area contributed by atoms with E-state index in [1.165, 1.54) is 5.56 Å². The van der Waals surface area contributed by atoms with E-state index < -0.39 is 0 Å². The minimum atomic E-state index is 0.223. The Morgan fingerprint density at radius 1 is 1.18 bits per heavy atom. The lowest BCUT2D eigenvalue weighted by molar-refractivity contribution is 0.0944. The number of Topliss-reactive ketones (excluding diaryl/α,β-unsaturated/α-hetero) is 1. The van der Waals surface area contributed by atoms with Gasteiger partial charge in [-0.1, -0.05) is 23.7 Å². The Kier molecular flexibility index (Phi) is 2.52. The molecule has 0 spiro atoms. The molecule has 2 heterocycles. The summed E-state index contributed by atoms with van der Waals surface area (Å²) in [5.74, 6) is 0.487. The van der Waals surface area contributed by atoms with Gasteiger partial charge >= 0.3 is 0 Å². The molecule has 17 heavy (non-hydrogen) atoms. The number of rotatable bonds is 1. The molecule has 86 valence electrons. The van der Waals surface area contributed by atoms with Crippen LogP contribution in [0.5, 0.6) is 0 Å². The monoisotopic (exact) mass is 245 g/mol. The smallest absolute Gasteiger partial charge is 0.179 e. The maximum absolute atomic E-state index is 12.0. The quantitative estimate of drug-likeness (QED) is 0.754. The van der Waals surface area contributed by atoms with Crippen molar-refractivity contribution in [2.75, 3.05) is 0 Å². The van der Waals surface area contributed by atoms with Gasteiger partial charge in [0.15, 0.2) is 5.78 Å². The Labute approximate surface area is 105 Å². The van der Waals surface area contributed by atoms with Crippen LogP contribution in [-0.4, -0.2) is 10.4 Å². The molecule has 1 atom stereocenters. The second-order valence-corrected chi connectivity index (χ2v) is 4.86. The Hall–Kier alpha value is -1.54. The van der Waals surface area contributed by atoms with Crippen LogP contribution in [-0.2, 0) is 6.54 Å². The number of aromatic nitrogens is 1. The molecule has 2 nitrogen and oxygen atoms in total. The van der Waals surface area contributed by atoms with Crippen molar-refractivity contribution in [1.82, 2.24) is 4.57 Å². The molecule has 1 aromatic carbocycles. The van der Waals surface area contributed by atoms with Crippen LogP contribution in [0.2, 0.25) is 5.02 Å². The second-order valence-electron chi connectivity index (χ2n) is 4.42. The third kappa shape index (κ3) is 1.89. The van der Waals surface area contributed by atoms with Gasteiger partial charge in [-0.05, 0) is 29.8 Å². The van der Waals surface area contributed by atoms with Gasteiger partial charge in [-0.2, -0.15) is 0 Å². The van der Waals surface area contributed by atoms with E-state index in [0.29, 0.717) is 6.42 Å². The van der Waals surface area contributed by atoms with Crippen LogP contribution in [0.15, 0.2) is 42.6 Å². The summed E-state index contributed by atoms with van der Waals surface area (Å²) in [5.41, 5.74) is 2.01. The van der Waals surface area contributed by atoms with Gasteiger partial charge in [-0.25, -0.2) is 0 Å². The van der Waals surface area contributed by atoms with Gasteiger partial charge in [-0.3, -0.25) is 4.79 Å². The van der Waals surface area contributed by atoms with Crippen molar-refractivity contribution in [3.63, 3.8) is 0 Å². The standard InChI is InChI=1S/C14H12ClNO/c15-12-5-3-10(4-6-12)11-8-14(17)13-2-1-7-16(13)9-11/h1-7,11H,8-9H2. The van der Waals surface area contributed by atoms with Crippen LogP contribution >= 0.6 is 11.6 Å². The average molecular weight is 246 g/mol. The zero-order valence-electron chi connectivity index (χ0n) is 9.27. The predicted molar refractivity (Wildman–Crippen MR) is 67.6 cm³/mol. The van der Waals surface area contributed by atoms with Crippen LogP contribution in [0.4, 0.5) is 0 Å². The molecule has 0 radical (unpaired) electrons. The molecule has 0 fully saturated rings. The van der Waals surface area contributed by atoms with Crippen molar-refractivity contribution < 1.29 is 4.79 Å². The molecule has 3 rings (SSSR count). The Balaban J connectivity index is 1.93. The molecule has 1 aliphatic rings. The SMILES string of the molecule is O=C1CC(c2ccc(Cl)cc2)Cn2cccc21.